The van der Waals surface area contributed by atoms with E-state index >= 15 is 0 Å². The summed E-state index contributed by atoms with van der Waals surface area (Å²) < 4.78 is 0. The average molecular weight is 316 g/mol. The van der Waals surface area contributed by atoms with Crippen molar-refractivity contribution in [3.05, 3.63) is 53.1 Å². The topological polar surface area (TPSA) is 58.4 Å². The van der Waals surface area contributed by atoms with Gasteiger partial charge >= 0.3 is 0 Å². The fourth-order valence-electron chi connectivity index (χ4n) is 2.65. The average Bonchev–Trinajstić information content (AvgIpc) is 3.05. The Morgan fingerprint density at radius 3 is 2.55 bits per heavy atom. The van der Waals surface area contributed by atoms with Crippen molar-refractivity contribution in [3.8, 4) is 0 Å². The highest BCUT2D eigenvalue weighted by atomic mass is 35.5. The van der Waals surface area contributed by atoms with Gasteiger partial charge in [0.15, 0.2) is 0 Å². The van der Waals surface area contributed by atoms with Crippen molar-refractivity contribution in [1.29, 1.82) is 0 Å². The lowest BCUT2D eigenvalue weighted by molar-refractivity contribution is 0.0794. The molecule has 2 aromatic rings. The van der Waals surface area contributed by atoms with Crippen LogP contribution in [-0.2, 0) is 0 Å². The molecule has 1 amide bonds. The monoisotopic (exact) mass is 315 g/mol. The minimum atomic E-state index is 0.0133. The summed E-state index contributed by atoms with van der Waals surface area (Å²) in [5, 5.41) is 3.85. The van der Waals surface area contributed by atoms with E-state index in [-0.39, 0.29) is 5.91 Å². The van der Waals surface area contributed by atoms with Crippen LogP contribution in [0.25, 0.3) is 0 Å². The summed E-state index contributed by atoms with van der Waals surface area (Å²) in [6.45, 7) is 1.61. The number of carbonyl (C=O) groups is 1. The first kappa shape index (κ1) is 14.7. The molecule has 4 nitrogen and oxygen atoms in total. The minimum Gasteiger partial charge on any atom is -0.399 e. The fraction of sp³-hybridized carbons (Fsp3) is 0.235. The summed E-state index contributed by atoms with van der Waals surface area (Å²) in [6.07, 6.45) is 2.11. The fourth-order valence-corrected chi connectivity index (χ4v) is 2.83. The molecule has 0 saturated carbocycles. The van der Waals surface area contributed by atoms with Crippen molar-refractivity contribution in [2.24, 2.45) is 0 Å². The molecule has 3 rings (SSSR count). The molecule has 5 heteroatoms. The van der Waals surface area contributed by atoms with Crippen LogP contribution in [0.4, 0.5) is 17.1 Å². The van der Waals surface area contributed by atoms with Crippen molar-refractivity contribution < 1.29 is 4.79 Å². The molecule has 0 aliphatic carbocycles. The first-order valence-corrected chi connectivity index (χ1v) is 7.73. The lowest BCUT2D eigenvalue weighted by atomic mass is 10.1. The predicted octanol–water partition coefficient (Wildman–Crippen LogP) is 3.90. The van der Waals surface area contributed by atoms with E-state index in [4.69, 9.17) is 17.3 Å². The molecule has 1 aliphatic rings. The van der Waals surface area contributed by atoms with Crippen molar-refractivity contribution >= 4 is 34.6 Å². The van der Waals surface area contributed by atoms with Crippen LogP contribution in [0, 0.1) is 0 Å². The molecule has 0 atom stereocenters. The molecule has 0 radical (unpaired) electrons. The van der Waals surface area contributed by atoms with Crippen LogP contribution >= 0.6 is 11.6 Å². The second-order valence-corrected chi connectivity index (χ2v) is 5.82. The summed E-state index contributed by atoms with van der Waals surface area (Å²) in [5.41, 5.74) is 8.51. The Balaban J connectivity index is 1.94. The first-order chi connectivity index (χ1) is 10.6. The van der Waals surface area contributed by atoms with Gasteiger partial charge < -0.3 is 16.0 Å². The second kappa shape index (κ2) is 6.28. The molecule has 1 aliphatic heterocycles. The highest BCUT2D eigenvalue weighted by Gasteiger charge is 2.22. The molecule has 114 valence electrons. The van der Waals surface area contributed by atoms with Crippen LogP contribution < -0.4 is 11.1 Å². The van der Waals surface area contributed by atoms with Gasteiger partial charge in [0.25, 0.3) is 5.91 Å². The van der Waals surface area contributed by atoms with Gasteiger partial charge in [0.05, 0.1) is 22.0 Å². The van der Waals surface area contributed by atoms with Gasteiger partial charge in [-0.1, -0.05) is 23.7 Å². The Hall–Kier alpha value is -2.20. The number of para-hydroxylation sites is 1. The third kappa shape index (κ3) is 3.02. The number of nitrogens with two attached hydrogens (primary N) is 1. The molecule has 1 saturated heterocycles. The maximum Gasteiger partial charge on any atom is 0.256 e. The van der Waals surface area contributed by atoms with Crippen molar-refractivity contribution in [3.63, 3.8) is 0 Å². The van der Waals surface area contributed by atoms with Crippen LogP contribution in [0.2, 0.25) is 5.02 Å². The minimum absolute atomic E-state index is 0.0133. The van der Waals surface area contributed by atoms with Gasteiger partial charge in [-0.2, -0.15) is 0 Å². The standard InChI is InChI=1S/C17H18ClN3O/c18-14-5-1-2-6-16(14)20-15-8-7-12(19)11-13(15)17(22)21-9-3-4-10-21/h1-2,5-8,11,20H,3-4,9-10,19H2. The molecule has 3 N–H and O–H groups in total. The molecule has 0 aromatic heterocycles. The van der Waals surface area contributed by atoms with Crippen LogP contribution in [0.1, 0.15) is 23.2 Å². The largest absolute Gasteiger partial charge is 0.399 e. The number of likely N-dealkylation sites (tertiary alicyclic amines) is 1. The summed E-state index contributed by atoms with van der Waals surface area (Å²) >= 11 is 6.18. The van der Waals surface area contributed by atoms with Crippen LogP contribution in [0.5, 0.6) is 0 Å². The van der Waals surface area contributed by atoms with Gasteiger partial charge in [-0.3, -0.25) is 4.79 Å². The maximum absolute atomic E-state index is 12.7. The van der Waals surface area contributed by atoms with E-state index in [1.807, 2.05) is 35.2 Å². The third-order valence-electron chi connectivity index (χ3n) is 3.81. The van der Waals surface area contributed by atoms with Crippen molar-refractivity contribution in [2.75, 3.05) is 24.1 Å². The summed E-state index contributed by atoms with van der Waals surface area (Å²) in [6, 6.07) is 12.8. The van der Waals surface area contributed by atoms with Gasteiger partial charge in [-0.05, 0) is 43.2 Å². The van der Waals surface area contributed by atoms with Crippen LogP contribution in [0.3, 0.4) is 0 Å². The van der Waals surface area contributed by atoms with Gasteiger partial charge in [0.1, 0.15) is 0 Å². The first-order valence-electron chi connectivity index (χ1n) is 7.35. The van der Waals surface area contributed by atoms with Gasteiger partial charge in [0, 0.05) is 18.8 Å². The van der Waals surface area contributed by atoms with Crippen molar-refractivity contribution in [1.82, 2.24) is 4.90 Å². The number of nitrogen functional groups attached to an aromatic ring is 1. The number of hydrogen-bond acceptors (Lipinski definition) is 3. The number of nitrogens with one attached hydrogen (secondary N) is 1. The summed E-state index contributed by atoms with van der Waals surface area (Å²) in [5.74, 6) is 0.0133. The van der Waals surface area contributed by atoms with Gasteiger partial charge in [0.2, 0.25) is 0 Å². The molecule has 0 unspecified atom stereocenters. The molecular weight excluding hydrogens is 298 g/mol. The van der Waals surface area contributed by atoms with Gasteiger partial charge in [-0.25, -0.2) is 0 Å². The number of amides is 1. The number of anilines is 3. The SMILES string of the molecule is Nc1ccc(Nc2ccccc2Cl)c(C(=O)N2CCCC2)c1. The van der Waals surface area contributed by atoms with E-state index in [1.54, 1.807) is 12.1 Å². The zero-order valence-electron chi connectivity index (χ0n) is 12.2. The van der Waals surface area contributed by atoms with E-state index in [0.29, 0.717) is 16.3 Å². The van der Waals surface area contributed by atoms with E-state index in [0.717, 1.165) is 37.3 Å². The third-order valence-corrected chi connectivity index (χ3v) is 4.14. The Labute approximate surface area is 134 Å². The van der Waals surface area contributed by atoms with Crippen LogP contribution in [-0.4, -0.2) is 23.9 Å². The summed E-state index contributed by atoms with van der Waals surface area (Å²) in [4.78, 5) is 14.6. The van der Waals surface area contributed by atoms with Crippen LogP contribution in [0.15, 0.2) is 42.5 Å². The number of nitrogens with zero attached hydrogens (tertiary/aromatic N) is 1. The van der Waals surface area contributed by atoms with E-state index in [9.17, 15) is 4.79 Å². The Bertz CT molecular complexity index is 696. The van der Waals surface area contributed by atoms with E-state index in [2.05, 4.69) is 5.32 Å². The maximum atomic E-state index is 12.7. The van der Waals surface area contributed by atoms with Crippen molar-refractivity contribution in [2.45, 2.75) is 12.8 Å². The molecule has 2 aromatic carbocycles. The number of benzene rings is 2. The number of halogens is 1. The lowest BCUT2D eigenvalue weighted by Crippen LogP contribution is -2.28. The molecule has 1 fully saturated rings. The molecular formula is C17H18ClN3O. The number of hydrogen-bond donors (Lipinski definition) is 2. The van der Waals surface area contributed by atoms with E-state index < -0.39 is 0 Å². The summed E-state index contributed by atoms with van der Waals surface area (Å²) in [7, 11) is 0. The molecule has 22 heavy (non-hydrogen) atoms. The van der Waals surface area contributed by atoms with E-state index in [1.165, 1.54) is 0 Å². The smallest absolute Gasteiger partial charge is 0.256 e. The van der Waals surface area contributed by atoms with Gasteiger partial charge in [-0.15, -0.1) is 0 Å². The zero-order chi connectivity index (χ0) is 15.5. The number of carbonyl (C=O) groups excluding carboxylic acids is 1. The zero-order valence-corrected chi connectivity index (χ0v) is 12.9. The number of rotatable bonds is 3. The second-order valence-electron chi connectivity index (χ2n) is 5.41. The highest BCUT2D eigenvalue weighted by Crippen LogP contribution is 2.29. The Morgan fingerprint density at radius 2 is 1.82 bits per heavy atom. The molecule has 0 spiro atoms. The Morgan fingerprint density at radius 1 is 1.09 bits per heavy atom. The normalized spacial score (nSPS) is 14.1. The molecule has 1 heterocycles. The lowest BCUT2D eigenvalue weighted by Gasteiger charge is -2.19. The molecule has 0 bridgehead atoms. The quantitative estimate of drug-likeness (QED) is 0.844. The highest BCUT2D eigenvalue weighted by molar-refractivity contribution is 6.33. The predicted molar refractivity (Wildman–Crippen MR) is 90.7 cm³/mol. The Kier molecular flexibility index (Phi) is 4.20.